The summed E-state index contributed by atoms with van der Waals surface area (Å²) in [5, 5.41) is 9.43. The smallest absolute Gasteiger partial charge is 0.246 e. The Morgan fingerprint density at radius 1 is 1.00 bits per heavy atom. The molecular weight excluding hydrogens is 424 g/mol. The van der Waals surface area contributed by atoms with E-state index in [1.807, 2.05) is 72.5 Å². The molecule has 0 aliphatic carbocycles. The van der Waals surface area contributed by atoms with Gasteiger partial charge < -0.3 is 14.5 Å². The molecule has 6 nitrogen and oxygen atoms in total. The van der Waals surface area contributed by atoms with Gasteiger partial charge in [-0.1, -0.05) is 29.8 Å². The summed E-state index contributed by atoms with van der Waals surface area (Å²) in [6.45, 7) is 5.29. The first-order valence-corrected chi connectivity index (χ1v) is 11.1. The second-order valence-electron chi connectivity index (χ2n) is 7.40. The van der Waals surface area contributed by atoms with E-state index in [2.05, 4.69) is 15.1 Å². The van der Waals surface area contributed by atoms with Crippen LogP contribution in [0.15, 0.2) is 66.7 Å². The predicted molar refractivity (Wildman–Crippen MR) is 128 cm³/mol. The fourth-order valence-electron chi connectivity index (χ4n) is 3.57. The normalized spacial score (nSPS) is 14.1. The third-order valence-electron chi connectivity index (χ3n) is 5.34. The summed E-state index contributed by atoms with van der Waals surface area (Å²) < 4.78 is 5.48. The zero-order valence-electron chi connectivity index (χ0n) is 17.9. The minimum absolute atomic E-state index is 0.0125. The number of halogens is 1. The lowest BCUT2D eigenvalue weighted by Gasteiger charge is -2.34. The van der Waals surface area contributed by atoms with Crippen LogP contribution in [0.4, 0.5) is 5.82 Å². The summed E-state index contributed by atoms with van der Waals surface area (Å²) in [6.07, 6.45) is 3.35. The summed E-state index contributed by atoms with van der Waals surface area (Å²) in [5.74, 6) is 1.65. The monoisotopic (exact) mass is 448 g/mol. The van der Waals surface area contributed by atoms with E-state index in [1.54, 1.807) is 12.2 Å². The van der Waals surface area contributed by atoms with Crippen LogP contribution in [0.25, 0.3) is 17.3 Å². The van der Waals surface area contributed by atoms with Crippen molar-refractivity contribution in [3.05, 3.63) is 77.3 Å². The van der Waals surface area contributed by atoms with Gasteiger partial charge in [0.2, 0.25) is 5.91 Å². The minimum Gasteiger partial charge on any atom is -0.494 e. The Balaban J connectivity index is 1.33. The molecule has 1 saturated heterocycles. The molecular formula is C25H25ClN4O2. The van der Waals surface area contributed by atoms with Gasteiger partial charge in [0.15, 0.2) is 5.82 Å². The fourth-order valence-corrected chi connectivity index (χ4v) is 3.77. The quantitative estimate of drug-likeness (QED) is 0.517. The van der Waals surface area contributed by atoms with Gasteiger partial charge in [-0.25, -0.2) is 0 Å². The third-order valence-corrected chi connectivity index (χ3v) is 5.68. The van der Waals surface area contributed by atoms with Crippen molar-refractivity contribution in [3.8, 4) is 17.0 Å². The van der Waals surface area contributed by atoms with Crippen molar-refractivity contribution in [2.45, 2.75) is 6.92 Å². The van der Waals surface area contributed by atoms with Crippen LogP contribution in [-0.4, -0.2) is 53.8 Å². The van der Waals surface area contributed by atoms with Crippen LogP contribution in [0.1, 0.15) is 12.5 Å². The summed E-state index contributed by atoms with van der Waals surface area (Å²) in [4.78, 5) is 16.5. The number of aromatic nitrogens is 2. The van der Waals surface area contributed by atoms with Gasteiger partial charge >= 0.3 is 0 Å². The van der Waals surface area contributed by atoms with Crippen LogP contribution in [0.5, 0.6) is 5.75 Å². The molecule has 0 bridgehead atoms. The second-order valence-corrected chi connectivity index (χ2v) is 7.81. The van der Waals surface area contributed by atoms with Crippen LogP contribution >= 0.6 is 11.6 Å². The molecule has 1 fully saturated rings. The zero-order valence-corrected chi connectivity index (χ0v) is 18.7. The number of rotatable bonds is 6. The molecule has 3 aromatic rings. The fraction of sp³-hybridized carbons (Fsp3) is 0.240. The van der Waals surface area contributed by atoms with E-state index in [-0.39, 0.29) is 5.91 Å². The lowest BCUT2D eigenvalue weighted by Crippen LogP contribution is -2.48. The van der Waals surface area contributed by atoms with Gasteiger partial charge in [-0.05, 0) is 61.0 Å². The average Bonchev–Trinajstić information content (AvgIpc) is 2.84. The van der Waals surface area contributed by atoms with Gasteiger partial charge in [0.25, 0.3) is 0 Å². The number of anilines is 1. The molecule has 1 aromatic heterocycles. The van der Waals surface area contributed by atoms with E-state index < -0.39 is 0 Å². The number of carbonyl (C=O) groups is 1. The van der Waals surface area contributed by atoms with E-state index >= 15 is 0 Å². The Kier molecular flexibility index (Phi) is 7.02. The lowest BCUT2D eigenvalue weighted by atomic mass is 10.1. The van der Waals surface area contributed by atoms with E-state index in [0.717, 1.165) is 28.4 Å². The van der Waals surface area contributed by atoms with Crippen LogP contribution in [0, 0.1) is 0 Å². The molecule has 2 aromatic carbocycles. The highest BCUT2D eigenvalue weighted by atomic mass is 35.5. The van der Waals surface area contributed by atoms with E-state index in [4.69, 9.17) is 16.3 Å². The standard InChI is InChI=1S/C25H25ClN4O2/c1-2-32-21-10-7-20(8-11-21)23-12-13-24(28-27-23)29-15-17-30(18-16-29)25(31)14-9-19-5-3-4-6-22(19)26/h3-14H,2,15-18H2,1H3/b14-9+. The van der Waals surface area contributed by atoms with Gasteiger partial charge in [-0.2, -0.15) is 0 Å². The zero-order chi connectivity index (χ0) is 22.3. The van der Waals surface area contributed by atoms with Crippen molar-refractivity contribution in [3.63, 3.8) is 0 Å². The number of hydrogen-bond acceptors (Lipinski definition) is 5. The number of benzene rings is 2. The van der Waals surface area contributed by atoms with Crippen molar-refractivity contribution < 1.29 is 9.53 Å². The Hall–Kier alpha value is -3.38. The number of amides is 1. The van der Waals surface area contributed by atoms with E-state index in [1.165, 1.54) is 0 Å². The van der Waals surface area contributed by atoms with Crippen LogP contribution in [-0.2, 0) is 4.79 Å². The highest BCUT2D eigenvalue weighted by Gasteiger charge is 2.21. The summed E-state index contributed by atoms with van der Waals surface area (Å²) in [7, 11) is 0. The van der Waals surface area contributed by atoms with E-state index in [9.17, 15) is 4.79 Å². The molecule has 0 unspecified atom stereocenters. The first-order chi connectivity index (χ1) is 15.6. The minimum atomic E-state index is -0.0125. The summed E-state index contributed by atoms with van der Waals surface area (Å²) >= 11 is 6.15. The maximum absolute atomic E-state index is 12.5. The van der Waals surface area contributed by atoms with Crippen LogP contribution < -0.4 is 9.64 Å². The molecule has 164 valence electrons. The molecule has 0 radical (unpaired) electrons. The molecule has 32 heavy (non-hydrogen) atoms. The third kappa shape index (κ3) is 5.26. The van der Waals surface area contributed by atoms with Gasteiger partial charge in [-0.3, -0.25) is 4.79 Å². The van der Waals surface area contributed by atoms with Gasteiger partial charge in [0.1, 0.15) is 5.75 Å². The molecule has 1 aliphatic heterocycles. The molecule has 1 amide bonds. The number of ether oxygens (including phenoxy) is 1. The summed E-state index contributed by atoms with van der Waals surface area (Å²) in [6, 6.07) is 19.3. The van der Waals surface area contributed by atoms with Gasteiger partial charge in [-0.15, -0.1) is 10.2 Å². The highest BCUT2D eigenvalue weighted by Crippen LogP contribution is 2.22. The Morgan fingerprint density at radius 3 is 2.41 bits per heavy atom. The molecule has 0 spiro atoms. The first-order valence-electron chi connectivity index (χ1n) is 10.7. The van der Waals surface area contributed by atoms with Gasteiger partial charge in [0, 0.05) is 42.8 Å². The second kappa shape index (κ2) is 10.3. The number of nitrogens with zero attached hydrogens (tertiary/aromatic N) is 4. The average molecular weight is 449 g/mol. The molecule has 0 atom stereocenters. The Bertz CT molecular complexity index is 1080. The number of piperazine rings is 1. The molecule has 0 saturated carbocycles. The lowest BCUT2D eigenvalue weighted by molar-refractivity contribution is -0.126. The molecule has 1 aliphatic rings. The molecule has 2 heterocycles. The summed E-state index contributed by atoms with van der Waals surface area (Å²) in [5.41, 5.74) is 2.65. The number of carbonyl (C=O) groups excluding carboxylic acids is 1. The van der Waals surface area contributed by atoms with Gasteiger partial charge in [0.05, 0.1) is 12.3 Å². The van der Waals surface area contributed by atoms with Crippen molar-refractivity contribution >= 4 is 29.4 Å². The van der Waals surface area contributed by atoms with Crippen LogP contribution in [0.2, 0.25) is 5.02 Å². The van der Waals surface area contributed by atoms with Crippen molar-refractivity contribution in [1.82, 2.24) is 15.1 Å². The van der Waals surface area contributed by atoms with Crippen molar-refractivity contribution in [2.75, 3.05) is 37.7 Å². The maximum atomic E-state index is 12.5. The van der Waals surface area contributed by atoms with E-state index in [0.29, 0.717) is 37.8 Å². The maximum Gasteiger partial charge on any atom is 0.246 e. The Morgan fingerprint density at radius 2 is 1.75 bits per heavy atom. The first kappa shape index (κ1) is 21.8. The highest BCUT2D eigenvalue weighted by molar-refractivity contribution is 6.32. The topological polar surface area (TPSA) is 58.6 Å². The van der Waals surface area contributed by atoms with Crippen LogP contribution in [0.3, 0.4) is 0 Å². The van der Waals surface area contributed by atoms with Crippen molar-refractivity contribution in [1.29, 1.82) is 0 Å². The Labute approximate surface area is 193 Å². The SMILES string of the molecule is CCOc1ccc(-c2ccc(N3CCN(C(=O)/C=C/c4ccccc4Cl)CC3)nn2)cc1. The molecule has 0 N–H and O–H groups in total. The van der Waals surface area contributed by atoms with Crippen molar-refractivity contribution in [2.24, 2.45) is 0 Å². The largest absolute Gasteiger partial charge is 0.494 e. The molecule has 7 heteroatoms. The number of hydrogen-bond donors (Lipinski definition) is 0. The predicted octanol–water partition coefficient (Wildman–Crippen LogP) is 4.56. The molecule has 4 rings (SSSR count).